The Morgan fingerprint density at radius 2 is 2.32 bits per heavy atom. The van der Waals surface area contributed by atoms with Gasteiger partial charge in [-0.1, -0.05) is 11.3 Å². The maximum atomic E-state index is 12.3. The monoisotopic (exact) mass is 300 g/mol. The van der Waals surface area contributed by atoms with Crippen LogP contribution in [0.3, 0.4) is 0 Å². The largest absolute Gasteiger partial charge is 0.344 e. The van der Waals surface area contributed by atoms with Gasteiger partial charge in [0.05, 0.1) is 24.0 Å². The lowest BCUT2D eigenvalue weighted by atomic mass is 9.96. The summed E-state index contributed by atoms with van der Waals surface area (Å²) in [6.45, 7) is 2.89. The first-order valence-electron chi connectivity index (χ1n) is 7.43. The topological polar surface area (TPSA) is 98.7 Å². The molecule has 3 rings (SSSR count). The number of hydrogen-bond acceptors (Lipinski definition) is 5. The van der Waals surface area contributed by atoms with Gasteiger partial charge in [-0.05, 0) is 37.8 Å². The van der Waals surface area contributed by atoms with Gasteiger partial charge >= 0.3 is 0 Å². The minimum Gasteiger partial charge on any atom is -0.344 e. The Balaban J connectivity index is 1.66. The second-order valence-corrected chi connectivity index (χ2v) is 5.97. The third kappa shape index (κ3) is 3.14. The van der Waals surface area contributed by atoms with Crippen molar-refractivity contribution in [3.05, 3.63) is 42.0 Å². The van der Waals surface area contributed by atoms with Crippen molar-refractivity contribution in [1.29, 1.82) is 0 Å². The minimum atomic E-state index is -0.359. The van der Waals surface area contributed by atoms with E-state index >= 15 is 0 Å². The molecule has 22 heavy (non-hydrogen) atoms. The van der Waals surface area contributed by atoms with Crippen LogP contribution in [0.5, 0.6) is 0 Å². The molecule has 1 unspecified atom stereocenters. The molecule has 1 aliphatic carbocycles. The van der Waals surface area contributed by atoms with Gasteiger partial charge in [-0.2, -0.15) is 0 Å². The van der Waals surface area contributed by atoms with Crippen molar-refractivity contribution in [3.63, 3.8) is 0 Å². The van der Waals surface area contributed by atoms with E-state index in [1.54, 1.807) is 17.1 Å². The molecule has 0 saturated heterocycles. The fraction of sp³-hybridized carbons (Fsp3) is 0.467. The van der Waals surface area contributed by atoms with Gasteiger partial charge in [-0.25, -0.2) is 4.68 Å². The van der Waals surface area contributed by atoms with Crippen LogP contribution in [0.15, 0.2) is 30.6 Å². The van der Waals surface area contributed by atoms with E-state index in [0.717, 1.165) is 18.5 Å². The number of amides is 1. The Morgan fingerprint density at radius 1 is 1.50 bits per heavy atom. The molecular weight excluding hydrogens is 280 g/mol. The van der Waals surface area contributed by atoms with Gasteiger partial charge in [0.25, 0.3) is 5.91 Å². The van der Waals surface area contributed by atoms with E-state index in [1.165, 1.54) is 0 Å². The van der Waals surface area contributed by atoms with Crippen molar-refractivity contribution in [1.82, 2.24) is 25.3 Å². The van der Waals surface area contributed by atoms with Gasteiger partial charge in [0.15, 0.2) is 5.69 Å². The van der Waals surface area contributed by atoms with Gasteiger partial charge in [0.2, 0.25) is 0 Å². The molecule has 1 amide bonds. The Hall–Kier alpha value is -2.28. The first-order chi connectivity index (χ1) is 10.6. The molecule has 7 heteroatoms. The zero-order valence-electron chi connectivity index (χ0n) is 12.6. The van der Waals surface area contributed by atoms with E-state index in [4.69, 9.17) is 5.73 Å². The number of carbonyl (C=O) groups is 1. The van der Waals surface area contributed by atoms with Crippen LogP contribution in [-0.4, -0.2) is 38.0 Å². The van der Waals surface area contributed by atoms with Gasteiger partial charge in [0, 0.05) is 12.7 Å². The molecule has 1 aliphatic rings. The SMILES string of the molecule is CC(CN)(NC(=O)c1cn(Cc2ccccn2)nn1)C1CC1. The molecule has 0 spiro atoms. The number of rotatable bonds is 6. The smallest absolute Gasteiger partial charge is 0.273 e. The zero-order chi connectivity index (χ0) is 15.6. The number of nitrogens with one attached hydrogen (secondary N) is 1. The molecular formula is C15H20N6O. The highest BCUT2D eigenvalue weighted by Gasteiger charge is 2.41. The number of nitrogens with two attached hydrogens (primary N) is 1. The molecule has 0 aliphatic heterocycles. The molecule has 3 N–H and O–H groups in total. The van der Waals surface area contributed by atoms with Gasteiger partial charge in [-0.15, -0.1) is 5.10 Å². The third-order valence-electron chi connectivity index (χ3n) is 4.12. The van der Waals surface area contributed by atoms with E-state index in [0.29, 0.717) is 24.7 Å². The first-order valence-corrected chi connectivity index (χ1v) is 7.43. The summed E-state index contributed by atoms with van der Waals surface area (Å²) in [7, 11) is 0. The van der Waals surface area contributed by atoms with E-state index in [2.05, 4.69) is 20.6 Å². The average Bonchev–Trinajstić information content (AvgIpc) is 3.29. The number of carbonyl (C=O) groups excluding carboxylic acids is 1. The van der Waals surface area contributed by atoms with Gasteiger partial charge in [-0.3, -0.25) is 9.78 Å². The van der Waals surface area contributed by atoms with Crippen LogP contribution >= 0.6 is 0 Å². The Kier molecular flexibility index (Phi) is 3.89. The molecule has 0 aromatic carbocycles. The normalized spacial score (nSPS) is 17.0. The molecule has 0 radical (unpaired) electrons. The first kappa shape index (κ1) is 14.6. The summed E-state index contributed by atoms with van der Waals surface area (Å²) in [5.74, 6) is 0.233. The van der Waals surface area contributed by atoms with Crippen LogP contribution in [0, 0.1) is 5.92 Å². The Labute approximate surface area is 128 Å². The van der Waals surface area contributed by atoms with Crippen molar-refractivity contribution < 1.29 is 4.79 Å². The van der Waals surface area contributed by atoms with Gasteiger partial charge in [0.1, 0.15) is 0 Å². The predicted octanol–water partition coefficient (Wildman–Crippen LogP) is 0.579. The Morgan fingerprint density at radius 3 is 2.95 bits per heavy atom. The number of nitrogens with zero attached hydrogens (tertiary/aromatic N) is 4. The summed E-state index contributed by atoms with van der Waals surface area (Å²) in [5, 5.41) is 10.9. The summed E-state index contributed by atoms with van der Waals surface area (Å²) < 4.78 is 1.61. The highest BCUT2D eigenvalue weighted by Crippen LogP contribution is 2.39. The zero-order valence-corrected chi connectivity index (χ0v) is 12.6. The minimum absolute atomic E-state index is 0.230. The fourth-order valence-corrected chi connectivity index (χ4v) is 2.50. The number of hydrogen-bond donors (Lipinski definition) is 2. The van der Waals surface area contributed by atoms with E-state index in [1.807, 2.05) is 25.1 Å². The van der Waals surface area contributed by atoms with Gasteiger partial charge < -0.3 is 11.1 Å². The van der Waals surface area contributed by atoms with E-state index in [-0.39, 0.29) is 11.4 Å². The summed E-state index contributed by atoms with van der Waals surface area (Å²) in [5.41, 5.74) is 6.63. The summed E-state index contributed by atoms with van der Waals surface area (Å²) >= 11 is 0. The molecule has 1 fully saturated rings. The lowest BCUT2D eigenvalue weighted by Crippen LogP contribution is -2.53. The second-order valence-electron chi connectivity index (χ2n) is 5.97. The summed E-state index contributed by atoms with van der Waals surface area (Å²) in [4.78, 5) is 16.5. The average molecular weight is 300 g/mol. The van der Waals surface area contributed by atoms with E-state index in [9.17, 15) is 4.79 Å². The molecule has 2 aromatic heterocycles. The maximum Gasteiger partial charge on any atom is 0.273 e. The molecule has 1 saturated carbocycles. The van der Waals surface area contributed by atoms with Crippen LogP contribution in [0.1, 0.15) is 35.9 Å². The fourth-order valence-electron chi connectivity index (χ4n) is 2.50. The molecule has 116 valence electrons. The van der Waals surface area contributed by atoms with Crippen molar-refractivity contribution >= 4 is 5.91 Å². The summed E-state index contributed by atoms with van der Waals surface area (Å²) in [6.07, 6.45) is 5.58. The van der Waals surface area contributed by atoms with Crippen LogP contribution in [0.4, 0.5) is 0 Å². The van der Waals surface area contributed by atoms with Crippen molar-refractivity contribution in [3.8, 4) is 0 Å². The molecule has 1 atom stereocenters. The molecule has 7 nitrogen and oxygen atoms in total. The van der Waals surface area contributed by atoms with E-state index < -0.39 is 0 Å². The van der Waals surface area contributed by atoms with Crippen LogP contribution in [0.2, 0.25) is 0 Å². The van der Waals surface area contributed by atoms with Crippen LogP contribution in [-0.2, 0) is 6.54 Å². The Bertz CT molecular complexity index is 651. The third-order valence-corrected chi connectivity index (χ3v) is 4.12. The van der Waals surface area contributed by atoms with Crippen molar-refractivity contribution in [2.24, 2.45) is 11.7 Å². The quantitative estimate of drug-likeness (QED) is 0.813. The highest BCUT2D eigenvalue weighted by atomic mass is 16.2. The van der Waals surface area contributed by atoms with Crippen LogP contribution in [0.25, 0.3) is 0 Å². The lowest BCUT2D eigenvalue weighted by Gasteiger charge is -2.28. The predicted molar refractivity (Wildman–Crippen MR) is 81.0 cm³/mol. The highest BCUT2D eigenvalue weighted by molar-refractivity contribution is 5.92. The number of pyridine rings is 1. The molecule has 0 bridgehead atoms. The summed E-state index contributed by atoms with van der Waals surface area (Å²) in [6, 6.07) is 5.67. The number of aromatic nitrogens is 4. The van der Waals surface area contributed by atoms with Crippen LogP contribution < -0.4 is 11.1 Å². The lowest BCUT2D eigenvalue weighted by molar-refractivity contribution is 0.0892. The van der Waals surface area contributed by atoms with Crippen molar-refractivity contribution in [2.45, 2.75) is 31.8 Å². The maximum absolute atomic E-state index is 12.3. The van der Waals surface area contributed by atoms with Crippen molar-refractivity contribution in [2.75, 3.05) is 6.54 Å². The standard InChI is InChI=1S/C15H20N6O/c1-15(10-16,11-5-6-11)18-14(22)13-9-21(20-19-13)8-12-4-2-3-7-17-12/h2-4,7,9,11H,5-6,8,10,16H2,1H3,(H,18,22). The molecule has 2 aromatic rings. The molecule has 2 heterocycles. The second kappa shape index (κ2) is 5.84.